The van der Waals surface area contributed by atoms with E-state index in [-0.39, 0.29) is 17.9 Å². The topological polar surface area (TPSA) is 92.3 Å². The molecule has 1 aliphatic rings. The molecule has 2 N–H and O–H groups in total. The predicted molar refractivity (Wildman–Crippen MR) is 62.5 cm³/mol. The maximum atomic E-state index is 11.6. The zero-order valence-electron chi connectivity index (χ0n) is 10.0. The van der Waals surface area contributed by atoms with Gasteiger partial charge in [0.1, 0.15) is 0 Å². The molecule has 0 bridgehead atoms. The minimum atomic E-state index is -3.47. The molecule has 17 heavy (non-hydrogen) atoms. The van der Waals surface area contributed by atoms with Gasteiger partial charge in [-0.2, -0.15) is 0 Å². The molecule has 0 saturated heterocycles. The lowest BCUT2D eigenvalue weighted by Crippen LogP contribution is -2.41. The summed E-state index contributed by atoms with van der Waals surface area (Å²) in [5.41, 5.74) is 0. The lowest BCUT2D eigenvalue weighted by atomic mass is 9.85. The first kappa shape index (κ1) is 14.0. The van der Waals surface area contributed by atoms with E-state index in [4.69, 9.17) is 0 Å². The van der Waals surface area contributed by atoms with E-state index in [9.17, 15) is 18.0 Å². The molecule has 1 saturated carbocycles. The van der Waals surface area contributed by atoms with Crippen molar-refractivity contribution in [3.8, 4) is 0 Å². The molecule has 1 fully saturated rings. The smallest absolute Gasteiger partial charge is 0.236 e. The number of hydrogen-bond acceptors (Lipinski definition) is 4. The summed E-state index contributed by atoms with van der Waals surface area (Å²) in [6.45, 7) is 1.46. The molecule has 1 aliphatic carbocycles. The van der Waals surface area contributed by atoms with Gasteiger partial charge in [0.15, 0.2) is 0 Å². The van der Waals surface area contributed by atoms with Gasteiger partial charge >= 0.3 is 0 Å². The quantitative estimate of drug-likeness (QED) is 0.734. The molecule has 2 amide bonds. The Kier molecular flexibility index (Phi) is 4.50. The van der Waals surface area contributed by atoms with Crippen LogP contribution in [0.3, 0.4) is 0 Å². The van der Waals surface area contributed by atoms with Gasteiger partial charge in [0.25, 0.3) is 0 Å². The molecule has 0 unspecified atom stereocenters. The first-order chi connectivity index (χ1) is 7.78. The fourth-order valence-electron chi connectivity index (χ4n) is 2.05. The normalized spacial score (nSPS) is 25.1. The van der Waals surface area contributed by atoms with E-state index in [1.165, 1.54) is 6.92 Å². The number of hydrogen-bond donors (Lipinski definition) is 2. The van der Waals surface area contributed by atoms with Gasteiger partial charge in [-0.05, 0) is 25.7 Å². The van der Waals surface area contributed by atoms with E-state index in [1.54, 1.807) is 0 Å². The zero-order chi connectivity index (χ0) is 13.1. The van der Waals surface area contributed by atoms with Crippen LogP contribution in [0, 0.1) is 5.92 Å². The second kappa shape index (κ2) is 5.48. The van der Waals surface area contributed by atoms with Crippen molar-refractivity contribution >= 4 is 21.8 Å². The van der Waals surface area contributed by atoms with Crippen LogP contribution in [0.1, 0.15) is 32.6 Å². The van der Waals surface area contributed by atoms with Crippen LogP contribution in [0.4, 0.5) is 0 Å². The fourth-order valence-corrected chi connectivity index (χ4v) is 2.59. The fraction of sp³-hybridized carbons (Fsp3) is 0.800. The van der Waals surface area contributed by atoms with Crippen LogP contribution in [0.25, 0.3) is 0 Å². The molecule has 0 radical (unpaired) electrons. The SMILES string of the molecule is CC(=O)N[C@H]1CC[C@@H](C(=O)NS(C)(=O)=O)CC1. The number of carbonyl (C=O) groups excluding carboxylic acids is 2. The summed E-state index contributed by atoms with van der Waals surface area (Å²) in [7, 11) is -3.47. The van der Waals surface area contributed by atoms with Crippen molar-refractivity contribution in [1.82, 2.24) is 10.0 Å². The molecule has 1 rings (SSSR count). The van der Waals surface area contributed by atoms with Crippen LogP contribution < -0.4 is 10.0 Å². The average molecular weight is 262 g/mol. The Bertz CT molecular complexity index is 397. The van der Waals surface area contributed by atoms with Gasteiger partial charge in [-0.1, -0.05) is 0 Å². The second-order valence-corrected chi connectivity index (χ2v) is 6.24. The summed E-state index contributed by atoms with van der Waals surface area (Å²) in [5.74, 6) is -0.780. The van der Waals surface area contributed by atoms with Crippen LogP contribution >= 0.6 is 0 Å². The molecule has 6 nitrogen and oxygen atoms in total. The summed E-state index contributed by atoms with van der Waals surface area (Å²) in [4.78, 5) is 22.4. The third-order valence-electron chi connectivity index (χ3n) is 2.79. The first-order valence-electron chi connectivity index (χ1n) is 5.56. The molecular weight excluding hydrogens is 244 g/mol. The summed E-state index contributed by atoms with van der Waals surface area (Å²) in [5, 5.41) is 2.80. The van der Waals surface area contributed by atoms with Crippen molar-refractivity contribution in [1.29, 1.82) is 0 Å². The number of nitrogens with one attached hydrogen (secondary N) is 2. The summed E-state index contributed by atoms with van der Waals surface area (Å²) < 4.78 is 23.8. The molecule has 0 aromatic rings. The van der Waals surface area contributed by atoms with Crippen molar-refractivity contribution < 1.29 is 18.0 Å². The van der Waals surface area contributed by atoms with Crippen molar-refractivity contribution in [3.05, 3.63) is 0 Å². The van der Waals surface area contributed by atoms with E-state index in [1.807, 2.05) is 4.72 Å². The largest absolute Gasteiger partial charge is 0.354 e. The lowest BCUT2D eigenvalue weighted by molar-refractivity contribution is -0.124. The van der Waals surface area contributed by atoms with E-state index in [0.717, 1.165) is 6.26 Å². The Balaban J connectivity index is 2.41. The van der Waals surface area contributed by atoms with Crippen LogP contribution in [-0.2, 0) is 19.6 Å². The van der Waals surface area contributed by atoms with E-state index < -0.39 is 15.9 Å². The van der Waals surface area contributed by atoms with Crippen molar-refractivity contribution in [2.75, 3.05) is 6.26 Å². The maximum absolute atomic E-state index is 11.6. The van der Waals surface area contributed by atoms with Crippen molar-refractivity contribution in [2.45, 2.75) is 38.6 Å². The van der Waals surface area contributed by atoms with E-state index in [0.29, 0.717) is 25.7 Å². The highest BCUT2D eigenvalue weighted by Gasteiger charge is 2.27. The molecular formula is C10H18N2O4S. The monoisotopic (exact) mass is 262 g/mol. The second-order valence-electron chi connectivity index (χ2n) is 4.49. The summed E-state index contributed by atoms with van der Waals surface area (Å²) >= 11 is 0. The number of rotatable bonds is 3. The van der Waals surface area contributed by atoms with Crippen LogP contribution in [0.2, 0.25) is 0 Å². The highest BCUT2D eigenvalue weighted by molar-refractivity contribution is 7.89. The number of carbonyl (C=O) groups is 2. The maximum Gasteiger partial charge on any atom is 0.236 e. The Hall–Kier alpha value is -1.11. The third kappa shape index (κ3) is 5.16. The molecule has 0 spiro atoms. The molecule has 0 aliphatic heterocycles. The molecule has 98 valence electrons. The standard InChI is InChI=1S/C10H18N2O4S/c1-7(13)11-9-5-3-8(4-6-9)10(14)12-17(2,15)16/h8-9H,3-6H2,1-2H3,(H,11,13)(H,12,14)/t8-,9+. The Morgan fingerprint density at radius 3 is 2.06 bits per heavy atom. The Labute approximate surface area is 101 Å². The van der Waals surface area contributed by atoms with Crippen molar-refractivity contribution in [3.63, 3.8) is 0 Å². The van der Waals surface area contributed by atoms with Gasteiger partial charge in [0.2, 0.25) is 21.8 Å². The predicted octanol–water partition coefficient (Wildman–Crippen LogP) is -0.243. The highest BCUT2D eigenvalue weighted by atomic mass is 32.2. The highest BCUT2D eigenvalue weighted by Crippen LogP contribution is 2.24. The molecule has 0 heterocycles. The molecule has 7 heteroatoms. The van der Waals surface area contributed by atoms with E-state index in [2.05, 4.69) is 5.32 Å². The van der Waals surface area contributed by atoms with Crippen LogP contribution in [0.15, 0.2) is 0 Å². The minimum absolute atomic E-state index is 0.0750. The van der Waals surface area contributed by atoms with Gasteiger partial charge in [0.05, 0.1) is 6.26 Å². The third-order valence-corrected chi connectivity index (χ3v) is 3.36. The Morgan fingerprint density at radius 2 is 1.65 bits per heavy atom. The van der Waals surface area contributed by atoms with Gasteiger partial charge in [-0.3, -0.25) is 14.3 Å². The molecule has 0 aromatic carbocycles. The minimum Gasteiger partial charge on any atom is -0.354 e. The van der Waals surface area contributed by atoms with Crippen molar-refractivity contribution in [2.24, 2.45) is 5.92 Å². The average Bonchev–Trinajstić information content (AvgIpc) is 2.15. The lowest BCUT2D eigenvalue weighted by Gasteiger charge is -2.27. The van der Waals surface area contributed by atoms with Crippen LogP contribution in [-0.4, -0.2) is 32.5 Å². The van der Waals surface area contributed by atoms with E-state index >= 15 is 0 Å². The van der Waals surface area contributed by atoms with Gasteiger partial charge in [0, 0.05) is 18.9 Å². The summed E-state index contributed by atoms with van der Waals surface area (Å²) in [6, 6.07) is 0.106. The van der Waals surface area contributed by atoms with Gasteiger partial charge < -0.3 is 5.32 Å². The zero-order valence-corrected chi connectivity index (χ0v) is 10.8. The summed E-state index contributed by atoms with van der Waals surface area (Å²) in [6.07, 6.45) is 3.59. The molecule has 0 atom stereocenters. The van der Waals surface area contributed by atoms with Gasteiger partial charge in [-0.15, -0.1) is 0 Å². The van der Waals surface area contributed by atoms with Gasteiger partial charge in [-0.25, -0.2) is 8.42 Å². The number of sulfonamides is 1. The number of amides is 2. The Morgan fingerprint density at radius 1 is 1.12 bits per heavy atom. The van der Waals surface area contributed by atoms with Crippen LogP contribution in [0.5, 0.6) is 0 Å². The first-order valence-corrected chi connectivity index (χ1v) is 7.46. The molecule has 0 aromatic heterocycles.